The van der Waals surface area contributed by atoms with Crippen LogP contribution in [0, 0.1) is 0 Å². The minimum atomic E-state index is -1.35. The van der Waals surface area contributed by atoms with E-state index >= 15 is 0 Å². The van der Waals surface area contributed by atoms with Crippen molar-refractivity contribution in [1.29, 1.82) is 0 Å². The number of hydrogen-bond acceptors (Lipinski definition) is 5. The second kappa shape index (κ2) is 31.6. The lowest BCUT2D eigenvalue weighted by molar-refractivity contribution is -0.269. The highest BCUT2D eigenvalue weighted by molar-refractivity contribution is 5.85. The number of carbonyl (C=O) groups excluding carboxylic acids is 2. The summed E-state index contributed by atoms with van der Waals surface area (Å²) in [6, 6.07) is 0. The monoisotopic (exact) mass is 618 g/mol. The Balaban J connectivity index is 0. The Morgan fingerprint density at radius 1 is 0.452 bits per heavy atom. The molecular formula is C36H72ClNO4. The summed E-state index contributed by atoms with van der Waals surface area (Å²) in [5, 5.41) is 0. The molecule has 0 radical (unpaired) electrons. The number of esters is 2. The molecular weight excluding hydrogens is 546 g/mol. The Bertz CT molecular complexity index is 555. The molecule has 0 unspecified atom stereocenters. The van der Waals surface area contributed by atoms with Crippen LogP contribution < -0.4 is 0 Å². The lowest BCUT2D eigenvalue weighted by atomic mass is 10.0. The van der Waals surface area contributed by atoms with Gasteiger partial charge in [-0.1, -0.05) is 168 Å². The zero-order valence-corrected chi connectivity index (χ0v) is 29.6. The van der Waals surface area contributed by atoms with Crippen molar-refractivity contribution in [1.82, 2.24) is 4.90 Å². The molecule has 0 aliphatic rings. The Kier molecular flexibility index (Phi) is 32.6. The van der Waals surface area contributed by atoms with Crippen LogP contribution in [0.1, 0.15) is 201 Å². The molecule has 6 heteroatoms. The Morgan fingerprint density at radius 3 is 0.881 bits per heavy atom. The van der Waals surface area contributed by atoms with E-state index in [-0.39, 0.29) is 24.3 Å². The zero-order chi connectivity index (χ0) is 30.4. The summed E-state index contributed by atoms with van der Waals surface area (Å²) < 4.78 is 11.3. The molecule has 0 saturated heterocycles. The van der Waals surface area contributed by atoms with E-state index in [2.05, 4.69) is 13.8 Å². The smallest absolute Gasteiger partial charge is 0.317 e. The Labute approximate surface area is 268 Å². The number of ether oxygens (including phenoxy) is 2. The first kappa shape index (κ1) is 43.3. The minimum absolute atomic E-state index is 0. The Hall–Kier alpha value is -0.810. The molecule has 0 amide bonds. The predicted molar refractivity (Wildman–Crippen MR) is 182 cm³/mol. The highest BCUT2D eigenvalue weighted by Gasteiger charge is 2.35. The predicted octanol–water partition coefficient (Wildman–Crippen LogP) is 11.7. The molecule has 0 heterocycles. The van der Waals surface area contributed by atoms with Gasteiger partial charge in [0.1, 0.15) is 0 Å². The van der Waals surface area contributed by atoms with Crippen LogP contribution in [0.5, 0.6) is 0 Å². The van der Waals surface area contributed by atoms with E-state index in [0.29, 0.717) is 12.8 Å². The molecule has 0 aliphatic heterocycles. The summed E-state index contributed by atoms with van der Waals surface area (Å²) in [4.78, 5) is 26.6. The van der Waals surface area contributed by atoms with Crippen LogP contribution in [-0.4, -0.2) is 36.8 Å². The molecule has 0 aromatic rings. The topological polar surface area (TPSA) is 55.8 Å². The number of nitrogens with zero attached hydrogens (tertiary/aromatic N) is 1. The third-order valence-corrected chi connectivity index (χ3v) is 8.39. The van der Waals surface area contributed by atoms with E-state index in [1.807, 2.05) is 0 Å². The van der Waals surface area contributed by atoms with Gasteiger partial charge in [-0.05, 0) is 26.9 Å². The summed E-state index contributed by atoms with van der Waals surface area (Å²) in [6.45, 7) is 6.20. The Morgan fingerprint density at radius 2 is 0.667 bits per heavy atom. The number of hydrogen-bond donors (Lipinski definition) is 0. The van der Waals surface area contributed by atoms with E-state index in [1.54, 1.807) is 25.9 Å². The average Bonchev–Trinajstić information content (AvgIpc) is 2.93. The van der Waals surface area contributed by atoms with Crippen molar-refractivity contribution in [3.05, 3.63) is 0 Å². The molecule has 0 bridgehead atoms. The first-order valence-corrected chi connectivity index (χ1v) is 18.0. The third-order valence-electron chi connectivity index (χ3n) is 8.39. The molecule has 0 aromatic carbocycles. The van der Waals surface area contributed by atoms with Crippen molar-refractivity contribution in [2.75, 3.05) is 14.1 Å². The van der Waals surface area contributed by atoms with Crippen LogP contribution in [0.25, 0.3) is 0 Å². The van der Waals surface area contributed by atoms with Crippen LogP contribution in [0.3, 0.4) is 0 Å². The SMILES string of the molecule is CCCCCCCCCCCCCCCC(=O)OC(C)(OC(=O)CCCCCCCCCCCCCCC)N(C)C.Cl. The van der Waals surface area contributed by atoms with Crippen molar-refractivity contribution in [2.24, 2.45) is 0 Å². The van der Waals surface area contributed by atoms with E-state index in [0.717, 1.165) is 25.7 Å². The van der Waals surface area contributed by atoms with Crippen LogP contribution in [0.2, 0.25) is 0 Å². The maximum absolute atomic E-state index is 12.5. The van der Waals surface area contributed by atoms with Gasteiger partial charge < -0.3 is 9.47 Å². The highest BCUT2D eigenvalue weighted by Crippen LogP contribution is 2.20. The molecule has 0 fully saturated rings. The largest absolute Gasteiger partial charge is 0.409 e. The van der Waals surface area contributed by atoms with Gasteiger partial charge in [0.15, 0.2) is 0 Å². The van der Waals surface area contributed by atoms with Gasteiger partial charge in [-0.2, -0.15) is 0 Å². The molecule has 5 nitrogen and oxygen atoms in total. The number of carbonyl (C=O) groups is 2. The fourth-order valence-corrected chi connectivity index (χ4v) is 5.30. The molecule has 0 saturated carbocycles. The second-order valence-electron chi connectivity index (χ2n) is 12.7. The molecule has 0 atom stereocenters. The van der Waals surface area contributed by atoms with Crippen molar-refractivity contribution in [2.45, 2.75) is 206 Å². The average molecular weight is 618 g/mol. The van der Waals surface area contributed by atoms with Crippen molar-refractivity contribution in [3.63, 3.8) is 0 Å². The van der Waals surface area contributed by atoms with Gasteiger partial charge in [-0.15, -0.1) is 12.4 Å². The summed E-state index contributed by atoms with van der Waals surface area (Å²) in [5.74, 6) is -1.93. The van der Waals surface area contributed by atoms with Crippen molar-refractivity contribution in [3.8, 4) is 0 Å². The fraction of sp³-hybridized carbons (Fsp3) is 0.944. The highest BCUT2D eigenvalue weighted by atomic mass is 35.5. The van der Waals surface area contributed by atoms with Crippen LogP contribution in [0.4, 0.5) is 0 Å². The first-order valence-electron chi connectivity index (χ1n) is 18.0. The number of unbranched alkanes of at least 4 members (excludes halogenated alkanes) is 24. The fourth-order valence-electron chi connectivity index (χ4n) is 5.30. The third kappa shape index (κ3) is 28.0. The van der Waals surface area contributed by atoms with E-state index in [4.69, 9.17) is 9.47 Å². The van der Waals surface area contributed by atoms with Crippen LogP contribution in [0.15, 0.2) is 0 Å². The standard InChI is InChI=1S/C36H71NO4.ClH/c1-6-8-10-12-14-16-18-20-22-24-26-28-30-32-34(38)40-36(3,37(4)5)41-35(39)33-31-29-27-25-23-21-19-17-15-13-11-9-7-2;/h6-33H2,1-5H3;1H. The molecule has 0 aromatic heterocycles. The quantitative estimate of drug-likeness (QED) is 0.0440. The summed E-state index contributed by atoms with van der Waals surface area (Å²) in [5.41, 5.74) is 0. The zero-order valence-electron chi connectivity index (χ0n) is 28.8. The van der Waals surface area contributed by atoms with Crippen molar-refractivity contribution >= 4 is 24.3 Å². The molecule has 0 aliphatic carbocycles. The van der Waals surface area contributed by atoms with Gasteiger partial charge in [-0.25, -0.2) is 4.90 Å². The van der Waals surface area contributed by atoms with E-state index in [1.165, 1.54) is 141 Å². The van der Waals surface area contributed by atoms with Gasteiger partial charge in [0, 0.05) is 19.8 Å². The van der Waals surface area contributed by atoms with Crippen LogP contribution >= 0.6 is 12.4 Å². The number of rotatable bonds is 31. The second-order valence-corrected chi connectivity index (χ2v) is 12.7. The first-order chi connectivity index (χ1) is 19.9. The molecule has 0 N–H and O–H groups in total. The molecule has 252 valence electrons. The number of halogens is 1. The summed E-state index contributed by atoms with van der Waals surface area (Å²) >= 11 is 0. The maximum atomic E-state index is 12.5. The minimum Gasteiger partial charge on any atom is -0.409 e. The van der Waals surface area contributed by atoms with Gasteiger partial charge in [0.05, 0.1) is 0 Å². The molecule has 0 rings (SSSR count). The van der Waals surface area contributed by atoms with Gasteiger partial charge >= 0.3 is 17.8 Å². The molecule has 42 heavy (non-hydrogen) atoms. The van der Waals surface area contributed by atoms with Crippen molar-refractivity contribution < 1.29 is 19.1 Å². The van der Waals surface area contributed by atoms with Gasteiger partial charge in [0.2, 0.25) is 0 Å². The van der Waals surface area contributed by atoms with E-state index < -0.39 is 5.91 Å². The summed E-state index contributed by atoms with van der Waals surface area (Å²) in [6.07, 6.45) is 33.8. The van der Waals surface area contributed by atoms with Crippen LogP contribution in [-0.2, 0) is 19.1 Å². The summed E-state index contributed by atoms with van der Waals surface area (Å²) in [7, 11) is 3.55. The van der Waals surface area contributed by atoms with Gasteiger partial charge in [0.25, 0.3) is 0 Å². The lowest BCUT2D eigenvalue weighted by Crippen LogP contribution is -2.49. The van der Waals surface area contributed by atoms with Gasteiger partial charge in [-0.3, -0.25) is 9.59 Å². The molecule has 0 spiro atoms. The normalized spacial score (nSPS) is 11.5. The van der Waals surface area contributed by atoms with E-state index in [9.17, 15) is 9.59 Å². The maximum Gasteiger partial charge on any atom is 0.317 e. The lowest BCUT2D eigenvalue weighted by Gasteiger charge is -2.34.